The van der Waals surface area contributed by atoms with Gasteiger partial charge < -0.3 is 15.5 Å². The number of benzene rings is 1. The standard InChI is InChI=1S/C14H16N2O2/c1-9-3-5-12(18-9)8-16-11-4-6-13(10(2)17)14(15)7-11/h3-7,16H,8,15H2,1-2H3. The summed E-state index contributed by atoms with van der Waals surface area (Å²) in [6.45, 7) is 4.00. The van der Waals surface area contributed by atoms with E-state index in [-0.39, 0.29) is 5.78 Å². The van der Waals surface area contributed by atoms with Gasteiger partial charge in [0, 0.05) is 16.9 Å². The number of nitrogens with two attached hydrogens (primary N) is 1. The molecule has 4 nitrogen and oxygen atoms in total. The molecule has 1 heterocycles. The predicted octanol–water partition coefficient (Wildman–Crippen LogP) is 2.98. The third-order valence-electron chi connectivity index (χ3n) is 2.69. The van der Waals surface area contributed by atoms with Crippen LogP contribution in [0.5, 0.6) is 0 Å². The van der Waals surface area contributed by atoms with E-state index >= 15 is 0 Å². The summed E-state index contributed by atoms with van der Waals surface area (Å²) in [6, 6.07) is 9.17. The monoisotopic (exact) mass is 244 g/mol. The van der Waals surface area contributed by atoms with Crippen LogP contribution in [0.4, 0.5) is 11.4 Å². The number of anilines is 2. The van der Waals surface area contributed by atoms with Crippen LogP contribution in [0.15, 0.2) is 34.7 Å². The molecule has 94 valence electrons. The largest absolute Gasteiger partial charge is 0.465 e. The van der Waals surface area contributed by atoms with E-state index in [4.69, 9.17) is 10.2 Å². The second kappa shape index (κ2) is 4.96. The first-order valence-electron chi connectivity index (χ1n) is 5.76. The Morgan fingerprint density at radius 3 is 2.67 bits per heavy atom. The molecular weight excluding hydrogens is 228 g/mol. The van der Waals surface area contributed by atoms with E-state index in [0.717, 1.165) is 17.2 Å². The Hall–Kier alpha value is -2.23. The number of furan rings is 1. The predicted molar refractivity (Wildman–Crippen MR) is 71.6 cm³/mol. The van der Waals surface area contributed by atoms with Crippen LogP contribution in [0.3, 0.4) is 0 Å². The van der Waals surface area contributed by atoms with Gasteiger partial charge in [-0.2, -0.15) is 0 Å². The van der Waals surface area contributed by atoms with Crippen molar-refractivity contribution in [2.45, 2.75) is 20.4 Å². The van der Waals surface area contributed by atoms with Crippen molar-refractivity contribution in [1.29, 1.82) is 0 Å². The summed E-state index contributed by atoms with van der Waals surface area (Å²) < 4.78 is 5.45. The van der Waals surface area contributed by atoms with Crippen LogP contribution in [0.2, 0.25) is 0 Å². The number of hydrogen-bond donors (Lipinski definition) is 2. The minimum absolute atomic E-state index is 0.0271. The molecule has 0 radical (unpaired) electrons. The quantitative estimate of drug-likeness (QED) is 0.641. The van der Waals surface area contributed by atoms with Gasteiger partial charge in [-0.1, -0.05) is 0 Å². The zero-order valence-electron chi connectivity index (χ0n) is 10.5. The number of ketones is 1. The third kappa shape index (κ3) is 2.71. The van der Waals surface area contributed by atoms with Crippen molar-refractivity contribution in [3.05, 3.63) is 47.4 Å². The molecule has 4 heteroatoms. The van der Waals surface area contributed by atoms with Crippen LogP contribution in [0.25, 0.3) is 0 Å². The van der Waals surface area contributed by atoms with Gasteiger partial charge in [-0.25, -0.2) is 0 Å². The van der Waals surface area contributed by atoms with Crippen LogP contribution >= 0.6 is 0 Å². The minimum atomic E-state index is -0.0271. The fourth-order valence-electron chi connectivity index (χ4n) is 1.76. The lowest BCUT2D eigenvalue weighted by molar-refractivity contribution is 0.101. The number of aryl methyl sites for hydroxylation is 1. The van der Waals surface area contributed by atoms with Gasteiger partial charge in [0.05, 0.1) is 6.54 Å². The van der Waals surface area contributed by atoms with Crippen LogP contribution in [0, 0.1) is 6.92 Å². The highest BCUT2D eigenvalue weighted by Crippen LogP contribution is 2.19. The molecule has 0 unspecified atom stereocenters. The van der Waals surface area contributed by atoms with E-state index in [1.165, 1.54) is 6.92 Å². The van der Waals surface area contributed by atoms with Crippen LogP contribution < -0.4 is 11.1 Å². The molecule has 0 fully saturated rings. The normalized spacial score (nSPS) is 10.3. The van der Waals surface area contributed by atoms with E-state index in [0.29, 0.717) is 17.8 Å². The van der Waals surface area contributed by atoms with Crippen LogP contribution in [-0.2, 0) is 6.54 Å². The van der Waals surface area contributed by atoms with Crippen molar-refractivity contribution in [3.63, 3.8) is 0 Å². The molecule has 0 aliphatic rings. The van der Waals surface area contributed by atoms with Gasteiger partial charge in [-0.3, -0.25) is 4.79 Å². The minimum Gasteiger partial charge on any atom is -0.465 e. The Bertz CT molecular complexity index is 573. The first-order chi connectivity index (χ1) is 8.56. The summed E-state index contributed by atoms with van der Waals surface area (Å²) in [5.74, 6) is 1.72. The summed E-state index contributed by atoms with van der Waals surface area (Å²) >= 11 is 0. The van der Waals surface area contributed by atoms with E-state index in [9.17, 15) is 4.79 Å². The molecule has 0 amide bonds. The average molecular weight is 244 g/mol. The lowest BCUT2D eigenvalue weighted by Gasteiger charge is -2.07. The van der Waals surface area contributed by atoms with Gasteiger partial charge in [0.25, 0.3) is 0 Å². The SMILES string of the molecule is CC(=O)c1ccc(NCc2ccc(C)o2)cc1N. The Balaban J connectivity index is 2.06. The fraction of sp³-hybridized carbons (Fsp3) is 0.214. The second-order valence-electron chi connectivity index (χ2n) is 4.22. The number of Topliss-reactive ketones (excluding diaryl/α,β-unsaturated/α-hetero) is 1. The highest BCUT2D eigenvalue weighted by molar-refractivity contribution is 5.99. The molecular formula is C14H16N2O2. The maximum Gasteiger partial charge on any atom is 0.161 e. The first kappa shape index (κ1) is 12.2. The zero-order valence-corrected chi connectivity index (χ0v) is 10.5. The summed E-state index contributed by atoms with van der Waals surface area (Å²) in [5, 5.41) is 3.20. The van der Waals surface area contributed by atoms with Crippen molar-refractivity contribution >= 4 is 17.2 Å². The molecule has 0 aliphatic carbocycles. The molecule has 0 saturated carbocycles. The maximum atomic E-state index is 11.2. The van der Waals surface area contributed by atoms with Crippen molar-refractivity contribution < 1.29 is 9.21 Å². The van der Waals surface area contributed by atoms with Gasteiger partial charge in [0.2, 0.25) is 0 Å². The molecule has 2 aromatic rings. The van der Waals surface area contributed by atoms with Crippen molar-refractivity contribution in [3.8, 4) is 0 Å². The third-order valence-corrected chi connectivity index (χ3v) is 2.69. The molecule has 0 spiro atoms. The molecule has 0 saturated heterocycles. The van der Waals surface area contributed by atoms with E-state index in [1.54, 1.807) is 12.1 Å². The lowest BCUT2D eigenvalue weighted by Crippen LogP contribution is -2.03. The Labute approximate surface area is 106 Å². The van der Waals surface area contributed by atoms with Crippen molar-refractivity contribution in [2.75, 3.05) is 11.1 Å². The number of carbonyl (C=O) groups excluding carboxylic acids is 1. The Morgan fingerprint density at radius 2 is 2.11 bits per heavy atom. The van der Waals surface area contributed by atoms with Gasteiger partial charge in [0.1, 0.15) is 11.5 Å². The fourth-order valence-corrected chi connectivity index (χ4v) is 1.76. The van der Waals surface area contributed by atoms with Crippen molar-refractivity contribution in [1.82, 2.24) is 0 Å². The van der Waals surface area contributed by atoms with E-state index in [2.05, 4.69) is 5.32 Å². The van der Waals surface area contributed by atoms with Crippen LogP contribution in [-0.4, -0.2) is 5.78 Å². The number of nitrogens with one attached hydrogen (secondary N) is 1. The molecule has 0 bridgehead atoms. The van der Waals surface area contributed by atoms with Gasteiger partial charge in [0.15, 0.2) is 5.78 Å². The van der Waals surface area contributed by atoms with E-state index in [1.807, 2.05) is 25.1 Å². The van der Waals surface area contributed by atoms with Gasteiger partial charge >= 0.3 is 0 Å². The summed E-state index contributed by atoms with van der Waals surface area (Å²) in [6.07, 6.45) is 0. The number of nitrogen functional groups attached to an aromatic ring is 1. The average Bonchev–Trinajstić information content (AvgIpc) is 2.72. The zero-order chi connectivity index (χ0) is 13.1. The van der Waals surface area contributed by atoms with Crippen LogP contribution in [0.1, 0.15) is 28.8 Å². The van der Waals surface area contributed by atoms with Gasteiger partial charge in [-0.15, -0.1) is 0 Å². The highest BCUT2D eigenvalue weighted by Gasteiger charge is 2.05. The first-order valence-corrected chi connectivity index (χ1v) is 5.76. The Morgan fingerprint density at radius 1 is 1.33 bits per heavy atom. The molecule has 0 aliphatic heterocycles. The second-order valence-corrected chi connectivity index (χ2v) is 4.22. The highest BCUT2D eigenvalue weighted by atomic mass is 16.3. The number of hydrogen-bond acceptors (Lipinski definition) is 4. The van der Waals surface area contributed by atoms with E-state index < -0.39 is 0 Å². The summed E-state index contributed by atoms with van der Waals surface area (Å²) in [7, 11) is 0. The molecule has 0 atom stereocenters. The molecule has 3 N–H and O–H groups in total. The molecule has 1 aromatic carbocycles. The summed E-state index contributed by atoms with van der Waals surface area (Å²) in [4.78, 5) is 11.2. The molecule has 18 heavy (non-hydrogen) atoms. The Kier molecular flexibility index (Phi) is 3.37. The molecule has 1 aromatic heterocycles. The molecule has 2 rings (SSSR count). The maximum absolute atomic E-state index is 11.2. The van der Waals surface area contributed by atoms with Gasteiger partial charge in [-0.05, 0) is 44.2 Å². The lowest BCUT2D eigenvalue weighted by atomic mass is 10.1. The smallest absolute Gasteiger partial charge is 0.161 e. The number of carbonyl (C=O) groups is 1. The number of rotatable bonds is 4. The topological polar surface area (TPSA) is 68.3 Å². The van der Waals surface area contributed by atoms with Crippen molar-refractivity contribution in [2.24, 2.45) is 0 Å². The summed E-state index contributed by atoms with van der Waals surface area (Å²) in [5.41, 5.74) is 7.72.